The quantitative estimate of drug-likeness (QED) is 0.544. The Kier molecular flexibility index (Phi) is 6.32. The van der Waals surface area contributed by atoms with Crippen LogP contribution in [0, 0.1) is 0 Å². The normalized spacial score (nSPS) is 13.3. The molecule has 0 bridgehead atoms. The lowest BCUT2D eigenvalue weighted by Gasteiger charge is -2.32. The van der Waals surface area contributed by atoms with Crippen molar-refractivity contribution in [3.05, 3.63) is 36.0 Å². The Bertz CT molecular complexity index is 799. The number of para-hydroxylation sites is 1. The van der Waals surface area contributed by atoms with Gasteiger partial charge in [-0.15, -0.1) is 0 Å². The molecule has 0 aliphatic heterocycles. The fourth-order valence-electron chi connectivity index (χ4n) is 2.33. The number of H-pyrrole nitrogens is 1. The zero-order valence-electron chi connectivity index (χ0n) is 14.4. The predicted molar refractivity (Wildman–Crippen MR) is 102 cm³/mol. The molecule has 0 aliphatic rings. The van der Waals surface area contributed by atoms with Gasteiger partial charge in [-0.2, -0.15) is 0 Å². The van der Waals surface area contributed by atoms with Crippen LogP contribution in [-0.4, -0.2) is 33.5 Å². The number of nitrogens with one attached hydrogen (secondary N) is 2. The highest BCUT2D eigenvalue weighted by Gasteiger charge is 2.44. The van der Waals surface area contributed by atoms with Crippen molar-refractivity contribution in [2.24, 2.45) is 0 Å². The largest absolute Gasteiger partial charge is 0.469 e. The average molecular weight is 422 g/mol. The Morgan fingerprint density at radius 2 is 1.88 bits per heavy atom. The van der Waals surface area contributed by atoms with Crippen molar-refractivity contribution >= 4 is 57.8 Å². The topological polar surface area (TPSA) is 80.4 Å². The van der Waals surface area contributed by atoms with Gasteiger partial charge in [-0.3, -0.25) is 4.79 Å². The molecule has 0 spiro atoms. The Morgan fingerprint density at radius 1 is 1.23 bits per heavy atom. The molecule has 2 N–H and O–H groups in total. The maximum atomic E-state index is 12.3. The third kappa shape index (κ3) is 4.75. The van der Waals surface area contributed by atoms with Crippen LogP contribution in [-0.2, 0) is 14.3 Å². The van der Waals surface area contributed by atoms with E-state index in [9.17, 15) is 9.59 Å². The summed E-state index contributed by atoms with van der Waals surface area (Å²) in [6.07, 6.45) is 0.820. The number of aromatic amines is 1. The Labute approximate surface area is 166 Å². The lowest BCUT2D eigenvalue weighted by atomic mass is 10.0. The Morgan fingerprint density at radius 3 is 2.50 bits per heavy atom. The molecule has 0 fully saturated rings. The number of amides is 1. The van der Waals surface area contributed by atoms with E-state index >= 15 is 0 Å². The molecule has 1 amide bonds. The lowest BCUT2D eigenvalue weighted by Crippen LogP contribution is -2.44. The fraction of sp³-hybridized carbons (Fsp3) is 0.412. The first-order valence-electron chi connectivity index (χ1n) is 7.74. The number of halogens is 3. The minimum absolute atomic E-state index is 0.0817. The maximum absolute atomic E-state index is 12.3. The zero-order chi connectivity index (χ0) is 19.5. The Balaban J connectivity index is 2.26. The molecule has 26 heavy (non-hydrogen) atoms. The molecule has 9 heteroatoms. The minimum Gasteiger partial charge on any atom is -0.469 e. The van der Waals surface area contributed by atoms with Crippen LogP contribution in [0.1, 0.15) is 31.9 Å². The van der Waals surface area contributed by atoms with Crippen molar-refractivity contribution in [2.45, 2.75) is 35.7 Å². The van der Waals surface area contributed by atoms with Crippen LogP contribution in [0.15, 0.2) is 30.5 Å². The van der Waals surface area contributed by atoms with Gasteiger partial charge in [0, 0.05) is 22.7 Å². The number of alkyl halides is 3. The SMILES string of the molecule is COC(=O)C[C@@H](NC(=O)OC(C)(C)C(Cl)(Cl)Cl)c1c[nH]c2ccccc12. The molecule has 2 aromatic rings. The number of hydrogen-bond donors (Lipinski definition) is 2. The van der Waals surface area contributed by atoms with Crippen molar-refractivity contribution in [2.75, 3.05) is 7.11 Å². The summed E-state index contributed by atoms with van der Waals surface area (Å²) < 4.78 is 8.16. The highest BCUT2D eigenvalue weighted by atomic mass is 35.6. The number of ether oxygens (including phenoxy) is 2. The van der Waals surface area contributed by atoms with Gasteiger partial charge >= 0.3 is 12.1 Å². The number of carbonyl (C=O) groups excluding carboxylic acids is 2. The number of methoxy groups -OCH3 is 1. The number of fused-ring (bicyclic) bond motifs is 1. The molecule has 0 unspecified atom stereocenters. The molecule has 1 aromatic heterocycles. The first kappa shape index (κ1) is 20.7. The third-order valence-electron chi connectivity index (χ3n) is 3.92. The van der Waals surface area contributed by atoms with Crippen LogP contribution in [0.25, 0.3) is 10.9 Å². The molecule has 0 saturated carbocycles. The van der Waals surface area contributed by atoms with Crippen molar-refractivity contribution < 1.29 is 19.1 Å². The highest BCUT2D eigenvalue weighted by Crippen LogP contribution is 2.40. The number of benzene rings is 1. The molecule has 142 valence electrons. The van der Waals surface area contributed by atoms with Gasteiger partial charge in [0.25, 0.3) is 0 Å². The Hall–Kier alpha value is -1.63. The van der Waals surface area contributed by atoms with E-state index in [1.165, 1.54) is 21.0 Å². The number of alkyl carbamates (subject to hydrolysis) is 1. The van der Waals surface area contributed by atoms with Gasteiger partial charge in [0.1, 0.15) is 0 Å². The van der Waals surface area contributed by atoms with Crippen LogP contribution < -0.4 is 5.32 Å². The number of carbonyl (C=O) groups is 2. The van der Waals surface area contributed by atoms with Gasteiger partial charge in [-0.05, 0) is 19.9 Å². The van der Waals surface area contributed by atoms with Gasteiger partial charge in [0.05, 0.1) is 19.6 Å². The molecule has 1 atom stereocenters. The average Bonchev–Trinajstić information content (AvgIpc) is 2.96. The van der Waals surface area contributed by atoms with Gasteiger partial charge in [0.15, 0.2) is 5.60 Å². The summed E-state index contributed by atoms with van der Waals surface area (Å²) in [5.74, 6) is -0.485. The monoisotopic (exact) mass is 420 g/mol. The second kappa shape index (κ2) is 7.94. The first-order chi connectivity index (χ1) is 12.0. The van der Waals surface area contributed by atoms with Gasteiger partial charge in [-0.25, -0.2) is 4.79 Å². The second-order valence-electron chi connectivity index (χ2n) is 6.16. The molecule has 1 aromatic carbocycles. The fourth-order valence-corrected chi connectivity index (χ4v) is 2.45. The van der Waals surface area contributed by atoms with E-state index < -0.39 is 27.5 Å². The van der Waals surface area contributed by atoms with Gasteiger partial charge < -0.3 is 19.8 Å². The summed E-state index contributed by atoms with van der Waals surface area (Å²) in [6, 6.07) is 6.82. The van der Waals surface area contributed by atoms with Crippen molar-refractivity contribution in [1.82, 2.24) is 10.3 Å². The van der Waals surface area contributed by atoms with Crippen LogP contribution in [0.2, 0.25) is 0 Å². The molecule has 2 rings (SSSR count). The second-order valence-corrected chi connectivity index (χ2v) is 8.45. The third-order valence-corrected chi connectivity index (χ3v) is 5.28. The van der Waals surface area contributed by atoms with Crippen LogP contribution >= 0.6 is 34.8 Å². The molecule has 0 aliphatic carbocycles. The summed E-state index contributed by atoms with van der Waals surface area (Å²) in [7, 11) is 1.28. The maximum Gasteiger partial charge on any atom is 0.408 e. The molecule has 0 saturated heterocycles. The van der Waals surface area contributed by atoms with E-state index in [4.69, 9.17) is 44.3 Å². The van der Waals surface area contributed by atoms with E-state index in [-0.39, 0.29) is 6.42 Å². The summed E-state index contributed by atoms with van der Waals surface area (Å²) >= 11 is 17.5. The van der Waals surface area contributed by atoms with Gasteiger partial charge in [-0.1, -0.05) is 53.0 Å². The lowest BCUT2D eigenvalue weighted by molar-refractivity contribution is -0.141. The molecule has 0 radical (unpaired) electrons. The summed E-state index contributed by atoms with van der Waals surface area (Å²) in [4.78, 5) is 27.2. The summed E-state index contributed by atoms with van der Waals surface area (Å²) in [5, 5.41) is 3.51. The molecule has 6 nitrogen and oxygen atoms in total. The first-order valence-corrected chi connectivity index (χ1v) is 8.87. The molecular weight excluding hydrogens is 403 g/mol. The minimum atomic E-state index is -1.82. The van der Waals surface area contributed by atoms with E-state index in [1.54, 1.807) is 6.20 Å². The standard InChI is InChI=1S/C17H19Cl3N2O4/c1-16(2,17(18,19)20)26-15(24)22-13(8-14(23)25-3)11-9-21-12-7-5-4-6-10(11)12/h4-7,9,13,21H,8H2,1-3H3,(H,22,24)/t13-/m1/s1. The van der Waals surface area contributed by atoms with E-state index in [0.717, 1.165) is 16.5 Å². The smallest absolute Gasteiger partial charge is 0.408 e. The van der Waals surface area contributed by atoms with Crippen LogP contribution in [0.4, 0.5) is 4.79 Å². The summed E-state index contributed by atoms with van der Waals surface area (Å²) in [6.45, 7) is 2.95. The van der Waals surface area contributed by atoms with Crippen molar-refractivity contribution in [3.8, 4) is 0 Å². The molecule has 1 heterocycles. The molecular formula is C17H19Cl3N2O4. The van der Waals surface area contributed by atoms with Crippen LogP contribution in [0.3, 0.4) is 0 Å². The van der Waals surface area contributed by atoms with E-state index in [2.05, 4.69) is 10.3 Å². The van der Waals surface area contributed by atoms with E-state index in [1.807, 2.05) is 24.3 Å². The predicted octanol–water partition coefficient (Wildman–Crippen LogP) is 4.65. The highest BCUT2D eigenvalue weighted by molar-refractivity contribution is 6.68. The van der Waals surface area contributed by atoms with Crippen LogP contribution in [0.5, 0.6) is 0 Å². The number of esters is 1. The number of aromatic nitrogens is 1. The number of hydrogen-bond acceptors (Lipinski definition) is 4. The van der Waals surface area contributed by atoms with E-state index in [0.29, 0.717) is 0 Å². The zero-order valence-corrected chi connectivity index (χ0v) is 16.7. The summed E-state index contributed by atoms with van der Waals surface area (Å²) in [5.41, 5.74) is 0.210. The van der Waals surface area contributed by atoms with Crippen molar-refractivity contribution in [3.63, 3.8) is 0 Å². The van der Waals surface area contributed by atoms with Crippen molar-refractivity contribution in [1.29, 1.82) is 0 Å². The number of rotatable bonds is 5. The van der Waals surface area contributed by atoms with Gasteiger partial charge in [0.2, 0.25) is 3.79 Å².